The first-order chi connectivity index (χ1) is 12.3. The number of methoxy groups -OCH3 is 1. The third kappa shape index (κ3) is 12.3. The fourth-order valence-corrected chi connectivity index (χ4v) is 2.09. The number of amides is 1. The van der Waals surface area contributed by atoms with Crippen LogP contribution in [-0.2, 0) is 4.79 Å². The molecule has 8 heteroatoms. The molecule has 0 aromatic heterocycles. The lowest BCUT2D eigenvalue weighted by Gasteiger charge is -2.20. The molecule has 0 fully saturated rings. The summed E-state index contributed by atoms with van der Waals surface area (Å²) in [5.41, 5.74) is -0.253. The van der Waals surface area contributed by atoms with Gasteiger partial charge in [-0.2, -0.15) is 0 Å². The molecule has 0 unspecified atom stereocenters. The first-order valence-electron chi connectivity index (χ1n) is 8.94. The zero-order chi connectivity index (χ0) is 19.4. The highest BCUT2D eigenvalue weighted by Crippen LogP contribution is 2.16. The Labute approximate surface area is 179 Å². The molecule has 154 valence electrons. The van der Waals surface area contributed by atoms with E-state index in [1.807, 2.05) is 52.0 Å². The largest absolute Gasteiger partial charge is 0.497 e. The van der Waals surface area contributed by atoms with Crippen molar-refractivity contribution in [1.82, 2.24) is 16.0 Å². The summed E-state index contributed by atoms with van der Waals surface area (Å²) in [4.78, 5) is 16.1. The van der Waals surface area contributed by atoms with Crippen LogP contribution in [0.15, 0.2) is 29.3 Å². The summed E-state index contributed by atoms with van der Waals surface area (Å²) >= 11 is 0. The Hall–Kier alpha value is -1.71. The van der Waals surface area contributed by atoms with E-state index in [0.29, 0.717) is 19.1 Å². The van der Waals surface area contributed by atoms with E-state index in [9.17, 15) is 4.79 Å². The third-order valence-corrected chi connectivity index (χ3v) is 3.18. The second kappa shape index (κ2) is 13.5. The molecule has 3 N–H and O–H groups in total. The second-order valence-corrected chi connectivity index (χ2v) is 6.80. The molecule has 0 spiro atoms. The molecule has 0 saturated heterocycles. The van der Waals surface area contributed by atoms with Gasteiger partial charge in [0.2, 0.25) is 5.91 Å². The van der Waals surface area contributed by atoms with Gasteiger partial charge in [0, 0.05) is 18.6 Å². The molecule has 0 aliphatic rings. The predicted octanol–water partition coefficient (Wildman–Crippen LogP) is 2.55. The number of benzene rings is 1. The molecule has 0 heterocycles. The van der Waals surface area contributed by atoms with Gasteiger partial charge >= 0.3 is 0 Å². The van der Waals surface area contributed by atoms with Crippen LogP contribution < -0.4 is 25.4 Å². The Morgan fingerprint density at radius 1 is 1.11 bits per heavy atom. The molecule has 0 radical (unpaired) electrons. The maximum atomic E-state index is 11.8. The number of carbonyl (C=O) groups is 1. The molecule has 0 bridgehead atoms. The lowest BCUT2D eigenvalue weighted by molar-refractivity contribution is -0.121. The predicted molar refractivity (Wildman–Crippen MR) is 120 cm³/mol. The van der Waals surface area contributed by atoms with Crippen molar-refractivity contribution >= 4 is 35.8 Å². The van der Waals surface area contributed by atoms with Gasteiger partial charge in [-0.3, -0.25) is 4.79 Å². The van der Waals surface area contributed by atoms with E-state index < -0.39 is 0 Å². The zero-order valence-electron chi connectivity index (χ0n) is 16.9. The highest BCUT2D eigenvalue weighted by atomic mass is 127. The Balaban J connectivity index is 0.00000676. The maximum absolute atomic E-state index is 11.8. The van der Waals surface area contributed by atoms with Crippen molar-refractivity contribution in [3.8, 4) is 11.5 Å². The van der Waals surface area contributed by atoms with Crippen molar-refractivity contribution in [2.45, 2.75) is 39.7 Å². The number of ether oxygens (including phenoxy) is 2. The van der Waals surface area contributed by atoms with E-state index in [-0.39, 0.29) is 42.0 Å². The number of nitrogens with zero attached hydrogens (tertiary/aromatic N) is 1. The lowest BCUT2D eigenvalue weighted by Crippen LogP contribution is -2.43. The van der Waals surface area contributed by atoms with Crippen LogP contribution in [0.2, 0.25) is 0 Å². The first-order valence-corrected chi connectivity index (χ1v) is 8.94. The van der Waals surface area contributed by atoms with Crippen molar-refractivity contribution in [2.24, 2.45) is 4.99 Å². The fraction of sp³-hybridized carbons (Fsp3) is 0.579. The maximum Gasteiger partial charge on any atom is 0.242 e. The highest BCUT2D eigenvalue weighted by Gasteiger charge is 2.13. The summed E-state index contributed by atoms with van der Waals surface area (Å²) in [6, 6.07) is 7.50. The van der Waals surface area contributed by atoms with Crippen LogP contribution in [-0.4, -0.2) is 50.8 Å². The van der Waals surface area contributed by atoms with Gasteiger partial charge < -0.3 is 25.4 Å². The fourth-order valence-electron chi connectivity index (χ4n) is 2.09. The van der Waals surface area contributed by atoms with Crippen molar-refractivity contribution in [2.75, 3.05) is 33.4 Å². The van der Waals surface area contributed by atoms with E-state index in [4.69, 9.17) is 9.47 Å². The van der Waals surface area contributed by atoms with Gasteiger partial charge in [0.25, 0.3) is 0 Å². The number of hydrogen-bond acceptors (Lipinski definition) is 4. The quantitative estimate of drug-likeness (QED) is 0.214. The Kier molecular flexibility index (Phi) is 12.6. The number of carbonyl (C=O) groups excluding carboxylic acids is 1. The van der Waals surface area contributed by atoms with Gasteiger partial charge in [-0.25, -0.2) is 4.99 Å². The van der Waals surface area contributed by atoms with Crippen molar-refractivity contribution < 1.29 is 14.3 Å². The summed E-state index contributed by atoms with van der Waals surface area (Å²) < 4.78 is 10.8. The molecule has 0 aliphatic heterocycles. The Morgan fingerprint density at radius 3 is 2.30 bits per heavy atom. The first kappa shape index (κ1) is 25.3. The third-order valence-electron chi connectivity index (χ3n) is 3.18. The molecule has 0 atom stereocenters. The highest BCUT2D eigenvalue weighted by molar-refractivity contribution is 14.0. The van der Waals surface area contributed by atoms with E-state index in [1.54, 1.807) is 7.11 Å². The van der Waals surface area contributed by atoms with Crippen LogP contribution in [0.1, 0.15) is 34.1 Å². The molecule has 0 aliphatic carbocycles. The monoisotopic (exact) mass is 492 g/mol. The van der Waals surface area contributed by atoms with Crippen molar-refractivity contribution in [3.63, 3.8) is 0 Å². The van der Waals surface area contributed by atoms with E-state index in [1.165, 1.54) is 0 Å². The molecular weight excluding hydrogens is 459 g/mol. The molecule has 1 amide bonds. The van der Waals surface area contributed by atoms with Gasteiger partial charge in [0.15, 0.2) is 5.96 Å². The molecule has 0 saturated carbocycles. The second-order valence-electron chi connectivity index (χ2n) is 6.80. The van der Waals surface area contributed by atoms with Gasteiger partial charge in [-0.05, 0) is 58.4 Å². The number of nitrogens with one attached hydrogen (secondary N) is 3. The minimum absolute atomic E-state index is 0. The van der Waals surface area contributed by atoms with Crippen LogP contribution in [0.3, 0.4) is 0 Å². The van der Waals surface area contributed by atoms with Crippen molar-refractivity contribution in [1.29, 1.82) is 0 Å². The molecule has 7 nitrogen and oxygen atoms in total. The van der Waals surface area contributed by atoms with Gasteiger partial charge in [0.1, 0.15) is 18.0 Å². The number of hydrogen-bond donors (Lipinski definition) is 3. The number of guanidine groups is 1. The minimum atomic E-state index is -0.253. The Morgan fingerprint density at radius 2 is 1.74 bits per heavy atom. The van der Waals surface area contributed by atoms with Gasteiger partial charge in [-0.15, -0.1) is 24.0 Å². The molecule has 1 aromatic rings. The molecule has 1 rings (SSSR count). The molecule has 1 aromatic carbocycles. The van der Waals surface area contributed by atoms with Crippen LogP contribution in [0, 0.1) is 0 Å². The van der Waals surface area contributed by atoms with Gasteiger partial charge in [-0.1, -0.05) is 0 Å². The van der Waals surface area contributed by atoms with E-state index in [2.05, 4.69) is 20.9 Å². The Bertz CT molecular complexity index is 571. The summed E-state index contributed by atoms with van der Waals surface area (Å²) in [5, 5.41) is 9.22. The van der Waals surface area contributed by atoms with E-state index >= 15 is 0 Å². The number of halogens is 1. The average Bonchev–Trinajstić information content (AvgIpc) is 2.58. The van der Waals surface area contributed by atoms with Gasteiger partial charge in [0.05, 0.1) is 13.7 Å². The lowest BCUT2D eigenvalue weighted by atomic mass is 10.1. The topological polar surface area (TPSA) is 84.0 Å². The SMILES string of the molecule is CCNC(=NCC(=O)NC(C)(C)C)NCCCOc1ccc(OC)cc1.I. The average molecular weight is 492 g/mol. The minimum Gasteiger partial charge on any atom is -0.497 e. The number of aliphatic imine (C=N–C) groups is 1. The summed E-state index contributed by atoms with van der Waals surface area (Å²) in [5.74, 6) is 2.14. The summed E-state index contributed by atoms with van der Waals surface area (Å²) in [6.07, 6.45) is 0.810. The van der Waals surface area contributed by atoms with Crippen LogP contribution in [0.25, 0.3) is 0 Å². The normalized spacial score (nSPS) is 11.2. The smallest absolute Gasteiger partial charge is 0.242 e. The summed E-state index contributed by atoms with van der Waals surface area (Å²) in [7, 11) is 1.64. The standard InChI is InChI=1S/C19H32N4O3.HI/c1-6-20-18(22-14-17(24)23-19(2,3)4)21-12-7-13-26-16-10-8-15(25-5)9-11-16;/h8-11H,6-7,12-14H2,1-5H3,(H,23,24)(H2,20,21,22);1H. The van der Waals surface area contributed by atoms with Crippen LogP contribution >= 0.6 is 24.0 Å². The van der Waals surface area contributed by atoms with Crippen LogP contribution in [0.5, 0.6) is 11.5 Å². The van der Waals surface area contributed by atoms with Crippen molar-refractivity contribution in [3.05, 3.63) is 24.3 Å². The van der Waals surface area contributed by atoms with E-state index in [0.717, 1.165) is 24.5 Å². The zero-order valence-corrected chi connectivity index (χ0v) is 19.3. The molecular formula is C19H33IN4O3. The number of rotatable bonds is 9. The molecule has 27 heavy (non-hydrogen) atoms. The summed E-state index contributed by atoms with van der Waals surface area (Å²) in [6.45, 7) is 9.93. The van der Waals surface area contributed by atoms with Crippen LogP contribution in [0.4, 0.5) is 0 Å².